The van der Waals surface area contributed by atoms with E-state index in [2.05, 4.69) is 25.3 Å². The summed E-state index contributed by atoms with van der Waals surface area (Å²) in [4.78, 5) is 32.5. The van der Waals surface area contributed by atoms with Gasteiger partial charge in [-0.25, -0.2) is 18.2 Å². The molecule has 36 heavy (non-hydrogen) atoms. The van der Waals surface area contributed by atoms with E-state index in [4.69, 9.17) is 16.3 Å². The van der Waals surface area contributed by atoms with Gasteiger partial charge in [-0.3, -0.25) is 14.5 Å². The van der Waals surface area contributed by atoms with Gasteiger partial charge in [0.05, 0.1) is 16.1 Å². The minimum Gasteiger partial charge on any atom is -0.444 e. The van der Waals surface area contributed by atoms with Crippen LogP contribution >= 0.6 is 11.6 Å². The van der Waals surface area contributed by atoms with E-state index in [9.17, 15) is 18.0 Å². The summed E-state index contributed by atoms with van der Waals surface area (Å²) in [6.07, 6.45) is 3.78. The van der Waals surface area contributed by atoms with E-state index in [0.29, 0.717) is 11.1 Å². The van der Waals surface area contributed by atoms with Gasteiger partial charge in [-0.15, -0.1) is 0 Å². The number of benzene rings is 1. The molecular weight excluding hydrogens is 506 g/mol. The average molecular weight is 532 g/mol. The Bertz CT molecular complexity index is 1340. The zero-order valence-corrected chi connectivity index (χ0v) is 21.5. The van der Waals surface area contributed by atoms with Crippen LogP contribution in [0.2, 0.25) is 5.15 Å². The number of ether oxygens (including phenoxy) is 1. The Balaban J connectivity index is 1.68. The SMILES string of the molecule is CC(C)(C)OC(=O)NCCNC(=O)c1cncc(-c2cnc(Cl)c(NS(=O)(=O)c3ccccc3)c2)c1. The molecule has 0 unspecified atom stereocenters. The number of hydrogen-bond donors (Lipinski definition) is 3. The third kappa shape index (κ3) is 7.65. The van der Waals surface area contributed by atoms with Crippen molar-refractivity contribution >= 4 is 39.3 Å². The minimum absolute atomic E-state index is 0.0300. The molecule has 0 fully saturated rings. The van der Waals surface area contributed by atoms with E-state index >= 15 is 0 Å². The maximum atomic E-state index is 12.7. The van der Waals surface area contributed by atoms with Gasteiger partial charge in [-0.05, 0) is 45.0 Å². The molecule has 3 rings (SSSR count). The van der Waals surface area contributed by atoms with Crippen molar-refractivity contribution in [3.05, 3.63) is 71.8 Å². The van der Waals surface area contributed by atoms with Crippen molar-refractivity contribution < 1.29 is 22.7 Å². The number of alkyl carbamates (subject to hydrolysis) is 1. The molecule has 0 radical (unpaired) electrons. The van der Waals surface area contributed by atoms with Gasteiger partial charge in [-0.2, -0.15) is 0 Å². The lowest BCUT2D eigenvalue weighted by Gasteiger charge is -2.19. The average Bonchev–Trinajstić information content (AvgIpc) is 2.82. The highest BCUT2D eigenvalue weighted by Crippen LogP contribution is 2.28. The fourth-order valence-electron chi connectivity index (χ4n) is 2.96. The Morgan fingerprint density at radius 3 is 2.33 bits per heavy atom. The van der Waals surface area contributed by atoms with Gasteiger partial charge in [0.25, 0.3) is 15.9 Å². The number of halogens is 1. The van der Waals surface area contributed by atoms with Crippen molar-refractivity contribution in [2.45, 2.75) is 31.3 Å². The van der Waals surface area contributed by atoms with Crippen LogP contribution < -0.4 is 15.4 Å². The van der Waals surface area contributed by atoms with Crippen molar-refractivity contribution in [1.82, 2.24) is 20.6 Å². The van der Waals surface area contributed by atoms with Crippen LogP contribution in [0.25, 0.3) is 11.1 Å². The number of nitrogens with zero attached hydrogens (tertiary/aromatic N) is 2. The molecule has 1 aromatic carbocycles. The standard InChI is InChI=1S/C24H26ClN5O5S/c1-24(2,3)35-23(32)28-10-9-27-22(31)18-11-16(13-26-14-18)17-12-20(21(25)29-15-17)30-36(33,34)19-7-5-4-6-8-19/h4-8,11-15,30H,9-10H2,1-3H3,(H,27,31)(H,28,32). The number of aromatic nitrogens is 2. The molecular formula is C24H26ClN5O5S. The molecule has 0 aliphatic heterocycles. The molecule has 0 spiro atoms. The van der Waals surface area contributed by atoms with Crippen molar-refractivity contribution in [1.29, 1.82) is 0 Å². The molecule has 3 aromatic rings. The molecule has 0 bridgehead atoms. The molecule has 2 heterocycles. The lowest BCUT2D eigenvalue weighted by molar-refractivity contribution is 0.0526. The number of carbonyl (C=O) groups is 2. The molecule has 10 nitrogen and oxygen atoms in total. The van der Waals surface area contributed by atoms with Crippen LogP contribution in [0.3, 0.4) is 0 Å². The van der Waals surface area contributed by atoms with Gasteiger partial charge in [0, 0.05) is 42.8 Å². The fraction of sp³-hybridized carbons (Fsp3) is 0.250. The number of hydrogen-bond acceptors (Lipinski definition) is 7. The highest BCUT2D eigenvalue weighted by molar-refractivity contribution is 7.92. The van der Waals surface area contributed by atoms with Crippen LogP contribution in [0.1, 0.15) is 31.1 Å². The quantitative estimate of drug-likeness (QED) is 0.296. The molecule has 190 valence electrons. The van der Waals surface area contributed by atoms with E-state index < -0.39 is 27.6 Å². The number of sulfonamides is 1. The summed E-state index contributed by atoms with van der Waals surface area (Å²) in [5.41, 5.74) is 0.766. The highest BCUT2D eigenvalue weighted by atomic mass is 35.5. The second kappa shape index (κ2) is 11.4. The summed E-state index contributed by atoms with van der Waals surface area (Å²) in [6.45, 7) is 5.62. The second-order valence-corrected chi connectivity index (χ2v) is 10.7. The number of anilines is 1. The summed E-state index contributed by atoms with van der Waals surface area (Å²) in [5.74, 6) is -0.401. The van der Waals surface area contributed by atoms with Crippen LogP contribution in [-0.4, -0.2) is 49.1 Å². The molecule has 0 aliphatic carbocycles. The van der Waals surface area contributed by atoms with E-state index in [1.165, 1.54) is 36.8 Å². The van der Waals surface area contributed by atoms with Gasteiger partial charge < -0.3 is 15.4 Å². The molecule has 0 saturated carbocycles. The van der Waals surface area contributed by atoms with Crippen LogP contribution in [0, 0.1) is 0 Å². The number of pyridine rings is 2. The molecule has 0 atom stereocenters. The summed E-state index contributed by atoms with van der Waals surface area (Å²) in [5, 5.41) is 5.21. The zero-order valence-electron chi connectivity index (χ0n) is 19.9. The van der Waals surface area contributed by atoms with Gasteiger partial charge in [0.2, 0.25) is 0 Å². The normalized spacial score (nSPS) is 11.4. The first-order chi connectivity index (χ1) is 16.9. The third-order valence-corrected chi connectivity index (χ3v) is 6.23. The number of carbonyl (C=O) groups excluding carboxylic acids is 2. The van der Waals surface area contributed by atoms with Crippen molar-refractivity contribution in [2.75, 3.05) is 17.8 Å². The van der Waals surface area contributed by atoms with Crippen molar-refractivity contribution in [3.63, 3.8) is 0 Å². The molecule has 0 aliphatic rings. The maximum absolute atomic E-state index is 12.7. The summed E-state index contributed by atoms with van der Waals surface area (Å²) < 4.78 is 32.9. The second-order valence-electron chi connectivity index (χ2n) is 8.63. The summed E-state index contributed by atoms with van der Waals surface area (Å²) in [6, 6.07) is 11.0. The number of nitrogens with one attached hydrogen (secondary N) is 3. The predicted octanol–water partition coefficient (Wildman–Crippen LogP) is 3.85. The molecule has 2 amide bonds. The van der Waals surface area contributed by atoms with Gasteiger partial charge in [0.1, 0.15) is 5.60 Å². The van der Waals surface area contributed by atoms with Gasteiger partial charge in [0.15, 0.2) is 5.15 Å². The monoisotopic (exact) mass is 531 g/mol. The summed E-state index contributed by atoms with van der Waals surface area (Å²) >= 11 is 6.13. The molecule has 2 aromatic heterocycles. The first-order valence-electron chi connectivity index (χ1n) is 10.9. The van der Waals surface area contributed by atoms with E-state index in [0.717, 1.165) is 0 Å². The van der Waals surface area contributed by atoms with Crippen molar-refractivity contribution in [2.24, 2.45) is 0 Å². The first kappa shape index (κ1) is 26.9. The van der Waals surface area contributed by atoms with E-state index in [-0.39, 0.29) is 34.4 Å². The Labute approximate surface area is 214 Å². The lowest BCUT2D eigenvalue weighted by atomic mass is 10.1. The van der Waals surface area contributed by atoms with Gasteiger partial charge >= 0.3 is 6.09 Å². The lowest BCUT2D eigenvalue weighted by Crippen LogP contribution is -2.37. The highest BCUT2D eigenvalue weighted by Gasteiger charge is 2.18. The molecule has 3 N–H and O–H groups in total. The minimum atomic E-state index is -3.88. The van der Waals surface area contributed by atoms with Crippen LogP contribution in [0.5, 0.6) is 0 Å². The molecule has 0 saturated heterocycles. The summed E-state index contributed by atoms with van der Waals surface area (Å²) in [7, 11) is -3.88. The number of rotatable bonds is 8. The topological polar surface area (TPSA) is 139 Å². The Hall–Kier alpha value is -3.70. The molecule has 12 heteroatoms. The van der Waals surface area contributed by atoms with E-state index in [1.807, 2.05) is 0 Å². The Morgan fingerprint density at radius 1 is 0.972 bits per heavy atom. The predicted molar refractivity (Wildman–Crippen MR) is 136 cm³/mol. The Kier molecular flexibility index (Phi) is 8.49. The zero-order chi connectivity index (χ0) is 26.3. The maximum Gasteiger partial charge on any atom is 0.407 e. The number of amides is 2. The van der Waals surface area contributed by atoms with Crippen LogP contribution in [0.4, 0.5) is 10.5 Å². The van der Waals surface area contributed by atoms with Gasteiger partial charge in [-0.1, -0.05) is 29.8 Å². The smallest absolute Gasteiger partial charge is 0.407 e. The largest absolute Gasteiger partial charge is 0.444 e. The van der Waals surface area contributed by atoms with Crippen LogP contribution in [-0.2, 0) is 14.8 Å². The van der Waals surface area contributed by atoms with Crippen molar-refractivity contribution in [3.8, 4) is 11.1 Å². The third-order valence-electron chi connectivity index (χ3n) is 4.55. The van der Waals surface area contributed by atoms with Crippen LogP contribution in [0.15, 0.2) is 66.0 Å². The first-order valence-corrected chi connectivity index (χ1v) is 12.7. The Morgan fingerprint density at radius 2 is 1.64 bits per heavy atom. The van der Waals surface area contributed by atoms with E-state index in [1.54, 1.807) is 45.0 Å². The fourth-order valence-corrected chi connectivity index (χ4v) is 4.24.